The van der Waals surface area contributed by atoms with Gasteiger partial charge in [0, 0.05) is 19.4 Å². The van der Waals surface area contributed by atoms with Crippen LogP contribution >= 0.6 is 0 Å². The van der Waals surface area contributed by atoms with E-state index in [1.807, 2.05) is 6.92 Å². The van der Waals surface area contributed by atoms with Crippen molar-refractivity contribution in [2.75, 3.05) is 25.6 Å². The maximum atomic E-state index is 10.7. The van der Waals surface area contributed by atoms with Gasteiger partial charge in [-0.3, -0.25) is 0 Å². The SMILES string of the molecule is CCCOc1ccnc(NCC(OC)C(=O)O)n1. The smallest absolute Gasteiger partial charge is 0.334 e. The normalized spacial score (nSPS) is 11.9. The molecule has 0 aliphatic carbocycles. The minimum absolute atomic E-state index is 0.0864. The van der Waals surface area contributed by atoms with Crippen molar-refractivity contribution < 1.29 is 19.4 Å². The molecule has 18 heavy (non-hydrogen) atoms. The second-order valence-electron chi connectivity index (χ2n) is 3.51. The van der Waals surface area contributed by atoms with Crippen LogP contribution in [-0.2, 0) is 9.53 Å². The lowest BCUT2D eigenvalue weighted by molar-refractivity contribution is -0.147. The first-order valence-electron chi connectivity index (χ1n) is 5.62. The fourth-order valence-corrected chi connectivity index (χ4v) is 1.17. The molecule has 0 bridgehead atoms. The third-order valence-corrected chi connectivity index (χ3v) is 2.09. The predicted molar refractivity (Wildman–Crippen MR) is 64.7 cm³/mol. The lowest BCUT2D eigenvalue weighted by atomic mass is 10.3. The molecule has 1 atom stereocenters. The number of ether oxygens (including phenoxy) is 2. The fourth-order valence-electron chi connectivity index (χ4n) is 1.17. The van der Waals surface area contributed by atoms with Gasteiger partial charge in [0.25, 0.3) is 0 Å². The molecular weight excluding hydrogens is 238 g/mol. The molecule has 0 aromatic carbocycles. The number of aromatic nitrogens is 2. The molecule has 2 N–H and O–H groups in total. The van der Waals surface area contributed by atoms with E-state index in [4.69, 9.17) is 14.6 Å². The molecule has 7 heteroatoms. The number of nitrogens with one attached hydrogen (secondary N) is 1. The van der Waals surface area contributed by atoms with E-state index in [-0.39, 0.29) is 6.54 Å². The van der Waals surface area contributed by atoms with Gasteiger partial charge < -0.3 is 19.9 Å². The highest BCUT2D eigenvalue weighted by atomic mass is 16.5. The summed E-state index contributed by atoms with van der Waals surface area (Å²) in [4.78, 5) is 18.8. The monoisotopic (exact) mass is 255 g/mol. The molecule has 0 aliphatic rings. The first kappa shape index (κ1) is 14.2. The molecule has 0 fully saturated rings. The zero-order chi connectivity index (χ0) is 13.4. The molecule has 100 valence electrons. The van der Waals surface area contributed by atoms with Crippen molar-refractivity contribution in [1.29, 1.82) is 0 Å². The minimum Gasteiger partial charge on any atom is -0.479 e. The van der Waals surface area contributed by atoms with Gasteiger partial charge in [-0.1, -0.05) is 6.92 Å². The Morgan fingerprint density at radius 2 is 2.39 bits per heavy atom. The summed E-state index contributed by atoms with van der Waals surface area (Å²) in [5, 5.41) is 11.6. The molecule has 1 heterocycles. The zero-order valence-electron chi connectivity index (χ0n) is 10.4. The Bertz CT molecular complexity index is 386. The van der Waals surface area contributed by atoms with Crippen molar-refractivity contribution in [2.45, 2.75) is 19.4 Å². The van der Waals surface area contributed by atoms with E-state index in [2.05, 4.69) is 15.3 Å². The Labute approximate surface area is 105 Å². The van der Waals surface area contributed by atoms with Crippen molar-refractivity contribution in [1.82, 2.24) is 9.97 Å². The van der Waals surface area contributed by atoms with E-state index in [9.17, 15) is 4.79 Å². The number of nitrogens with zero attached hydrogens (tertiary/aromatic N) is 2. The molecule has 0 saturated carbocycles. The number of hydrogen-bond donors (Lipinski definition) is 2. The Hall–Kier alpha value is -1.89. The number of aliphatic carboxylic acids is 1. The van der Waals surface area contributed by atoms with Crippen LogP contribution in [0.2, 0.25) is 0 Å². The number of carboxylic acid groups (broad SMARTS) is 1. The van der Waals surface area contributed by atoms with Gasteiger partial charge in [-0.05, 0) is 6.42 Å². The number of hydrogen-bond acceptors (Lipinski definition) is 6. The maximum absolute atomic E-state index is 10.7. The third kappa shape index (κ3) is 4.54. The van der Waals surface area contributed by atoms with Crippen molar-refractivity contribution in [3.63, 3.8) is 0 Å². The third-order valence-electron chi connectivity index (χ3n) is 2.09. The fraction of sp³-hybridized carbons (Fsp3) is 0.545. The van der Waals surface area contributed by atoms with E-state index in [0.717, 1.165) is 6.42 Å². The minimum atomic E-state index is -1.04. The van der Waals surface area contributed by atoms with Gasteiger partial charge in [-0.15, -0.1) is 0 Å². The van der Waals surface area contributed by atoms with E-state index >= 15 is 0 Å². The number of methoxy groups -OCH3 is 1. The molecule has 0 spiro atoms. The van der Waals surface area contributed by atoms with Crippen molar-refractivity contribution in [2.24, 2.45) is 0 Å². The van der Waals surface area contributed by atoms with Crippen molar-refractivity contribution in [3.05, 3.63) is 12.3 Å². The number of carbonyl (C=O) groups is 1. The van der Waals surface area contributed by atoms with Gasteiger partial charge in [0.15, 0.2) is 6.10 Å². The van der Waals surface area contributed by atoms with E-state index in [1.54, 1.807) is 12.3 Å². The summed E-state index contributed by atoms with van der Waals surface area (Å²) in [7, 11) is 1.34. The molecule has 0 saturated heterocycles. The topological polar surface area (TPSA) is 93.6 Å². The van der Waals surface area contributed by atoms with Gasteiger partial charge in [0.05, 0.1) is 13.2 Å². The second-order valence-corrected chi connectivity index (χ2v) is 3.51. The molecule has 7 nitrogen and oxygen atoms in total. The van der Waals surface area contributed by atoms with Crippen LogP contribution in [0, 0.1) is 0 Å². The molecule has 1 rings (SSSR count). The Balaban J connectivity index is 2.53. The summed E-state index contributed by atoms with van der Waals surface area (Å²) in [6.07, 6.45) is 1.49. The summed E-state index contributed by atoms with van der Waals surface area (Å²) < 4.78 is 10.1. The average Bonchev–Trinajstić information content (AvgIpc) is 2.37. The van der Waals surface area contributed by atoms with Gasteiger partial charge >= 0.3 is 5.97 Å². The van der Waals surface area contributed by atoms with E-state index < -0.39 is 12.1 Å². The Morgan fingerprint density at radius 1 is 1.61 bits per heavy atom. The van der Waals surface area contributed by atoms with Crippen LogP contribution in [0.5, 0.6) is 5.88 Å². The van der Waals surface area contributed by atoms with Gasteiger partial charge in [0.2, 0.25) is 11.8 Å². The van der Waals surface area contributed by atoms with Crippen LogP contribution in [0.3, 0.4) is 0 Å². The molecule has 0 amide bonds. The molecule has 1 unspecified atom stereocenters. The standard InChI is InChI=1S/C11H17N3O4/c1-3-6-18-9-4-5-12-11(14-9)13-7-8(17-2)10(15)16/h4-5,8H,3,6-7H2,1-2H3,(H,15,16)(H,12,13,14). The van der Waals surface area contributed by atoms with Crippen molar-refractivity contribution >= 4 is 11.9 Å². The lowest BCUT2D eigenvalue weighted by Crippen LogP contribution is -2.30. The van der Waals surface area contributed by atoms with Gasteiger partial charge in [-0.2, -0.15) is 4.98 Å². The van der Waals surface area contributed by atoms with Crippen LogP contribution in [0.1, 0.15) is 13.3 Å². The van der Waals surface area contributed by atoms with Crippen LogP contribution in [0.4, 0.5) is 5.95 Å². The number of anilines is 1. The first-order valence-corrected chi connectivity index (χ1v) is 5.62. The quantitative estimate of drug-likeness (QED) is 0.708. The first-order chi connectivity index (χ1) is 8.67. The molecule has 0 aliphatic heterocycles. The van der Waals surface area contributed by atoms with Crippen LogP contribution in [0.15, 0.2) is 12.3 Å². The second kappa shape index (κ2) is 7.44. The summed E-state index contributed by atoms with van der Waals surface area (Å²) in [5.41, 5.74) is 0. The van der Waals surface area contributed by atoms with E-state index in [1.165, 1.54) is 7.11 Å². The molecule has 0 radical (unpaired) electrons. The van der Waals surface area contributed by atoms with Crippen LogP contribution in [0.25, 0.3) is 0 Å². The van der Waals surface area contributed by atoms with E-state index in [0.29, 0.717) is 18.4 Å². The Kier molecular flexibility index (Phi) is 5.86. The van der Waals surface area contributed by atoms with Gasteiger partial charge in [-0.25, -0.2) is 9.78 Å². The van der Waals surface area contributed by atoms with Crippen molar-refractivity contribution in [3.8, 4) is 5.88 Å². The van der Waals surface area contributed by atoms with Gasteiger partial charge in [0.1, 0.15) is 0 Å². The highest BCUT2D eigenvalue weighted by molar-refractivity contribution is 5.73. The van der Waals surface area contributed by atoms with Crippen LogP contribution < -0.4 is 10.1 Å². The molecule has 1 aromatic rings. The summed E-state index contributed by atoms with van der Waals surface area (Å²) in [6.45, 7) is 2.66. The summed E-state index contributed by atoms with van der Waals surface area (Å²) in [5.74, 6) is -0.270. The maximum Gasteiger partial charge on any atom is 0.334 e. The largest absolute Gasteiger partial charge is 0.479 e. The molecule has 1 aromatic heterocycles. The predicted octanol–water partition coefficient (Wildman–Crippen LogP) is 0.777. The lowest BCUT2D eigenvalue weighted by Gasteiger charge is -2.11. The Morgan fingerprint density at radius 3 is 3.00 bits per heavy atom. The van der Waals surface area contributed by atoms with Crippen LogP contribution in [-0.4, -0.2) is 47.4 Å². The number of carboxylic acids is 1. The highest BCUT2D eigenvalue weighted by Crippen LogP contribution is 2.08. The number of rotatable bonds is 8. The average molecular weight is 255 g/mol. The highest BCUT2D eigenvalue weighted by Gasteiger charge is 2.16. The molecular formula is C11H17N3O4. The summed E-state index contributed by atoms with van der Waals surface area (Å²) >= 11 is 0. The summed E-state index contributed by atoms with van der Waals surface area (Å²) in [6, 6.07) is 1.64. The zero-order valence-corrected chi connectivity index (χ0v) is 10.4.